The summed E-state index contributed by atoms with van der Waals surface area (Å²) < 4.78 is 40.3. The van der Waals surface area contributed by atoms with E-state index >= 15 is 0 Å². The van der Waals surface area contributed by atoms with Crippen molar-refractivity contribution in [2.75, 3.05) is 31.1 Å². The number of anilines is 1. The van der Waals surface area contributed by atoms with E-state index in [1.165, 1.54) is 4.90 Å². The number of ether oxygens (including phenoxy) is 2. The normalized spacial score (nSPS) is 21.3. The molecule has 4 heterocycles. The first-order chi connectivity index (χ1) is 18.8. The number of hydrogen-bond acceptors (Lipinski definition) is 7. The van der Waals surface area contributed by atoms with Gasteiger partial charge < -0.3 is 24.3 Å². The maximum atomic E-state index is 13.0. The van der Waals surface area contributed by atoms with E-state index in [9.17, 15) is 13.2 Å². The zero-order chi connectivity index (χ0) is 27.1. The number of sulfonamides is 1. The molecule has 2 aromatic heterocycles. The van der Waals surface area contributed by atoms with Crippen LogP contribution in [0.1, 0.15) is 37.9 Å². The number of amides is 1. The second kappa shape index (κ2) is 10.3. The van der Waals surface area contributed by atoms with Crippen molar-refractivity contribution in [3.05, 3.63) is 53.9 Å². The predicted octanol–water partition coefficient (Wildman–Crippen LogP) is 3.43. The first-order valence-corrected chi connectivity index (χ1v) is 15.2. The summed E-state index contributed by atoms with van der Waals surface area (Å²) in [6.07, 6.45) is 3.70. The van der Waals surface area contributed by atoms with Crippen molar-refractivity contribution < 1.29 is 22.7 Å². The lowest BCUT2D eigenvalue weighted by atomic mass is 9.85. The van der Waals surface area contributed by atoms with Crippen LogP contribution < -0.4 is 14.4 Å². The van der Waals surface area contributed by atoms with Gasteiger partial charge in [-0.05, 0) is 36.8 Å². The molecule has 2 N–H and O–H groups in total. The number of fused-ring (bicyclic) bond motifs is 3. The average molecular weight is 554 g/mol. The second-order valence-electron chi connectivity index (χ2n) is 11.2. The van der Waals surface area contributed by atoms with Gasteiger partial charge in [0.25, 0.3) is 0 Å². The van der Waals surface area contributed by atoms with E-state index in [1.54, 1.807) is 0 Å². The largest absolute Gasteiger partial charge is 0.488 e. The van der Waals surface area contributed by atoms with Gasteiger partial charge in [-0.3, -0.25) is 0 Å². The molecule has 1 saturated carbocycles. The molecular weight excluding hydrogens is 518 g/mol. The summed E-state index contributed by atoms with van der Waals surface area (Å²) in [5.41, 5.74) is 3.78. The van der Waals surface area contributed by atoms with E-state index in [0.717, 1.165) is 59.5 Å². The van der Waals surface area contributed by atoms with E-state index in [-0.39, 0.29) is 31.8 Å². The number of aromatic nitrogens is 2. The Kier molecular flexibility index (Phi) is 6.88. The van der Waals surface area contributed by atoms with Gasteiger partial charge in [0.15, 0.2) is 5.75 Å². The molecule has 1 aromatic carbocycles. The van der Waals surface area contributed by atoms with E-state index in [4.69, 9.17) is 14.5 Å². The number of benzene rings is 1. The van der Waals surface area contributed by atoms with Crippen LogP contribution in [0.4, 0.5) is 10.5 Å². The summed E-state index contributed by atoms with van der Waals surface area (Å²) in [6, 6.07) is 11.6. The molecule has 11 heteroatoms. The molecule has 1 aliphatic carbocycles. The van der Waals surface area contributed by atoms with Crippen molar-refractivity contribution in [2.24, 2.45) is 5.92 Å². The molecule has 0 radical (unpaired) electrons. The third kappa shape index (κ3) is 5.17. The molecule has 2 fully saturated rings. The van der Waals surface area contributed by atoms with E-state index in [2.05, 4.69) is 28.5 Å². The number of carbonyl (C=O) groups is 1. The van der Waals surface area contributed by atoms with Crippen molar-refractivity contribution in [3.63, 3.8) is 0 Å². The number of nitrogens with one attached hydrogen (secondary N) is 2. The van der Waals surface area contributed by atoms with E-state index in [1.807, 2.05) is 42.6 Å². The summed E-state index contributed by atoms with van der Waals surface area (Å²) in [4.78, 5) is 24.2. The summed E-state index contributed by atoms with van der Waals surface area (Å²) in [5, 5.41) is 0.420. The number of nitrogens with zero attached hydrogens (tertiary/aromatic N) is 3. The summed E-state index contributed by atoms with van der Waals surface area (Å²) >= 11 is 0. The average Bonchev–Trinajstić information content (AvgIpc) is 3.32. The van der Waals surface area contributed by atoms with Crippen LogP contribution in [0.15, 0.2) is 42.6 Å². The van der Waals surface area contributed by atoms with Crippen molar-refractivity contribution in [3.8, 4) is 5.75 Å². The van der Waals surface area contributed by atoms with Crippen molar-refractivity contribution in [2.45, 2.75) is 57.1 Å². The number of rotatable bonds is 8. The number of carbonyl (C=O) groups excluding carboxylic acids is 1. The molecule has 0 atom stereocenters. The highest BCUT2D eigenvalue weighted by Gasteiger charge is 2.45. The standard InChI is InChI=1S/C28H35N5O5S/c1-18(2)12-24-26-25(23-8-9-29-27(23)30-24)33(10-11-37-26)21-13-20(14-21)31-39(35,36)22-15-32(16-22)28(34)38-17-19-6-4-3-5-7-19/h3-9,18,20-22,31H,10-17H2,1-2H3,(H,29,30). The molecule has 0 unspecified atom stereocenters. The Morgan fingerprint density at radius 1 is 1.21 bits per heavy atom. The van der Waals surface area contributed by atoms with E-state index in [0.29, 0.717) is 12.5 Å². The Morgan fingerprint density at radius 3 is 2.72 bits per heavy atom. The Hall–Kier alpha value is -3.31. The third-order valence-corrected chi connectivity index (χ3v) is 9.64. The van der Waals surface area contributed by atoms with Gasteiger partial charge in [0.1, 0.15) is 24.1 Å². The summed E-state index contributed by atoms with van der Waals surface area (Å²) in [6.45, 7) is 6.15. The smallest absolute Gasteiger partial charge is 0.410 e. The van der Waals surface area contributed by atoms with Crippen LogP contribution in [0.2, 0.25) is 0 Å². The maximum Gasteiger partial charge on any atom is 0.410 e. The van der Waals surface area contributed by atoms with Crippen molar-refractivity contribution in [1.82, 2.24) is 19.6 Å². The molecule has 0 bridgehead atoms. The first-order valence-electron chi connectivity index (χ1n) is 13.6. The van der Waals surface area contributed by atoms with Crippen molar-refractivity contribution in [1.29, 1.82) is 0 Å². The van der Waals surface area contributed by atoms with Crippen LogP contribution in [0.5, 0.6) is 5.75 Å². The number of pyridine rings is 1. The molecule has 6 rings (SSSR count). The van der Waals surface area contributed by atoms with Crippen LogP contribution in [0.3, 0.4) is 0 Å². The SMILES string of the molecule is CC(C)Cc1nc2[nH]ccc2c2c1OCCN2C1CC(NS(=O)(=O)C2CN(C(=O)OCc3ccccc3)C2)C1. The topological polar surface area (TPSA) is 117 Å². The Balaban J connectivity index is 1.05. The second-order valence-corrected chi connectivity index (χ2v) is 13.2. The Labute approximate surface area is 228 Å². The molecule has 2 aliphatic heterocycles. The van der Waals surface area contributed by atoms with Gasteiger partial charge in [0, 0.05) is 36.8 Å². The molecule has 3 aromatic rings. The highest BCUT2D eigenvalue weighted by Crippen LogP contribution is 2.44. The highest BCUT2D eigenvalue weighted by molar-refractivity contribution is 7.90. The number of H-pyrrole nitrogens is 1. The monoisotopic (exact) mass is 553 g/mol. The molecular formula is C28H35N5O5S. The van der Waals surface area contributed by atoms with Gasteiger partial charge in [-0.15, -0.1) is 0 Å². The lowest BCUT2D eigenvalue weighted by Crippen LogP contribution is -2.62. The van der Waals surface area contributed by atoms with Gasteiger partial charge in [-0.1, -0.05) is 44.2 Å². The molecule has 1 amide bonds. The minimum Gasteiger partial charge on any atom is -0.488 e. The zero-order valence-electron chi connectivity index (χ0n) is 22.3. The van der Waals surface area contributed by atoms with Gasteiger partial charge in [0.05, 0.1) is 17.9 Å². The molecule has 39 heavy (non-hydrogen) atoms. The summed E-state index contributed by atoms with van der Waals surface area (Å²) in [7, 11) is -3.54. The van der Waals surface area contributed by atoms with Gasteiger partial charge >= 0.3 is 6.09 Å². The fourth-order valence-corrected chi connectivity index (χ4v) is 7.24. The van der Waals surface area contributed by atoms with Crippen molar-refractivity contribution >= 4 is 32.8 Å². The lowest BCUT2D eigenvalue weighted by Gasteiger charge is -2.47. The molecule has 1 saturated heterocycles. The fourth-order valence-electron chi connectivity index (χ4n) is 5.63. The number of likely N-dealkylation sites (tertiary alicyclic amines) is 1. The Bertz CT molecular complexity index is 1450. The molecule has 10 nitrogen and oxygen atoms in total. The predicted molar refractivity (Wildman–Crippen MR) is 148 cm³/mol. The third-order valence-electron chi connectivity index (χ3n) is 7.81. The van der Waals surface area contributed by atoms with Crippen LogP contribution in [0.25, 0.3) is 11.0 Å². The lowest BCUT2D eigenvalue weighted by molar-refractivity contribution is 0.0765. The zero-order valence-corrected chi connectivity index (χ0v) is 23.1. The molecule has 3 aliphatic rings. The first kappa shape index (κ1) is 25.9. The van der Waals surface area contributed by atoms with Gasteiger partial charge in [-0.25, -0.2) is 22.9 Å². The van der Waals surface area contributed by atoms with Crippen LogP contribution >= 0.6 is 0 Å². The minimum absolute atomic E-state index is 0.121. The Morgan fingerprint density at radius 2 is 1.97 bits per heavy atom. The maximum absolute atomic E-state index is 13.0. The fraction of sp³-hybridized carbons (Fsp3) is 0.500. The quantitative estimate of drug-likeness (QED) is 0.439. The summed E-state index contributed by atoms with van der Waals surface area (Å²) in [5.74, 6) is 1.31. The van der Waals surface area contributed by atoms with Gasteiger partial charge in [0.2, 0.25) is 10.0 Å². The minimum atomic E-state index is -3.54. The van der Waals surface area contributed by atoms with Crippen LogP contribution in [-0.4, -0.2) is 73.0 Å². The molecule has 0 spiro atoms. The van der Waals surface area contributed by atoms with E-state index < -0.39 is 21.4 Å². The molecule has 208 valence electrons. The van der Waals surface area contributed by atoms with Crippen LogP contribution in [-0.2, 0) is 27.8 Å². The highest BCUT2D eigenvalue weighted by atomic mass is 32.2. The van der Waals surface area contributed by atoms with Gasteiger partial charge in [-0.2, -0.15) is 0 Å². The van der Waals surface area contributed by atoms with Crippen LogP contribution in [0, 0.1) is 5.92 Å². The number of hydrogen-bond donors (Lipinski definition) is 2. The number of aromatic amines is 1.